The second-order valence-corrected chi connectivity index (χ2v) is 7.46. The van der Waals surface area contributed by atoms with Crippen LogP contribution >= 0.6 is 11.3 Å². The lowest BCUT2D eigenvalue weighted by Crippen LogP contribution is -2.16. The molecule has 1 aromatic heterocycles. The van der Waals surface area contributed by atoms with Crippen molar-refractivity contribution in [3.8, 4) is 34.3 Å². The number of nitrogens with zero attached hydrogens (tertiary/aromatic N) is 3. The van der Waals surface area contributed by atoms with Crippen molar-refractivity contribution in [1.29, 1.82) is 0 Å². The number of fused-ring (bicyclic) bond motifs is 1. The number of phenolic OH excluding ortho intramolecular Hbond substituents is 1. The molecule has 8 nitrogen and oxygen atoms in total. The number of phenols is 1. The molecule has 0 fully saturated rings. The van der Waals surface area contributed by atoms with Crippen molar-refractivity contribution in [1.82, 2.24) is 4.68 Å². The summed E-state index contributed by atoms with van der Waals surface area (Å²) >= 11 is 1.49. The SMILES string of the molecule is COCCN=c1scc(-c2ccc3c(c2)OCCO3)n1/N=C/c1ccc(O)c(OC)c1. The molecule has 31 heavy (non-hydrogen) atoms. The topological polar surface area (TPSA) is 86.8 Å². The zero-order valence-corrected chi connectivity index (χ0v) is 18.1. The average Bonchev–Trinajstić information content (AvgIpc) is 3.21. The molecule has 0 radical (unpaired) electrons. The van der Waals surface area contributed by atoms with Gasteiger partial charge in [0.15, 0.2) is 23.0 Å². The Morgan fingerprint density at radius 3 is 2.77 bits per heavy atom. The predicted molar refractivity (Wildman–Crippen MR) is 119 cm³/mol. The first-order chi connectivity index (χ1) is 15.2. The summed E-state index contributed by atoms with van der Waals surface area (Å²) in [6.07, 6.45) is 1.70. The Balaban J connectivity index is 1.74. The molecule has 162 valence electrons. The Morgan fingerprint density at radius 2 is 1.97 bits per heavy atom. The van der Waals surface area contributed by atoms with Crippen LogP contribution in [0.5, 0.6) is 23.0 Å². The molecule has 4 rings (SSSR count). The van der Waals surface area contributed by atoms with Crippen LogP contribution in [0.3, 0.4) is 0 Å². The Kier molecular flexibility index (Phi) is 6.54. The minimum absolute atomic E-state index is 0.0788. The summed E-state index contributed by atoms with van der Waals surface area (Å²) in [5, 5.41) is 16.5. The lowest BCUT2D eigenvalue weighted by molar-refractivity contribution is 0.171. The van der Waals surface area contributed by atoms with Gasteiger partial charge < -0.3 is 24.1 Å². The van der Waals surface area contributed by atoms with Gasteiger partial charge in [0.2, 0.25) is 4.80 Å². The molecule has 1 N–H and O–H groups in total. The monoisotopic (exact) mass is 441 g/mol. The summed E-state index contributed by atoms with van der Waals surface area (Å²) in [4.78, 5) is 5.35. The van der Waals surface area contributed by atoms with E-state index in [1.807, 2.05) is 23.6 Å². The number of aromatic hydroxyl groups is 1. The standard InChI is InChI=1S/C22H23N3O5S/c1-27-8-7-23-22-25(24-13-15-3-5-18(26)20(11-15)28-2)17(14-31-22)16-4-6-19-21(12-16)30-10-9-29-19/h3-6,11-14,26H,7-10H2,1-2H3/b23-22?,24-13+. The smallest absolute Gasteiger partial charge is 0.206 e. The summed E-state index contributed by atoms with van der Waals surface area (Å²) in [5.41, 5.74) is 2.60. The van der Waals surface area contributed by atoms with E-state index in [9.17, 15) is 5.11 Å². The maximum Gasteiger partial charge on any atom is 0.206 e. The second-order valence-electron chi connectivity index (χ2n) is 6.62. The number of benzene rings is 2. The Hall–Kier alpha value is -3.30. The number of thiazole rings is 1. The van der Waals surface area contributed by atoms with E-state index in [0.29, 0.717) is 37.9 Å². The van der Waals surface area contributed by atoms with Crippen LogP contribution in [0.15, 0.2) is 51.9 Å². The van der Waals surface area contributed by atoms with Gasteiger partial charge in [-0.15, -0.1) is 11.3 Å². The molecule has 3 aromatic rings. The van der Waals surface area contributed by atoms with E-state index < -0.39 is 0 Å². The van der Waals surface area contributed by atoms with Crippen molar-refractivity contribution in [3.63, 3.8) is 0 Å². The summed E-state index contributed by atoms with van der Waals surface area (Å²) in [5.74, 6) is 1.92. The molecule has 0 amide bonds. The highest BCUT2D eigenvalue weighted by atomic mass is 32.1. The molecule has 0 saturated heterocycles. The fourth-order valence-corrected chi connectivity index (χ4v) is 3.92. The molecule has 1 aliphatic rings. The molecule has 0 unspecified atom stereocenters. The summed E-state index contributed by atoms with van der Waals surface area (Å²) in [6, 6.07) is 10.9. The Morgan fingerprint density at radius 1 is 1.13 bits per heavy atom. The van der Waals surface area contributed by atoms with E-state index in [1.165, 1.54) is 18.4 Å². The minimum Gasteiger partial charge on any atom is -0.504 e. The molecule has 0 aliphatic carbocycles. The fourth-order valence-electron chi connectivity index (χ4n) is 3.05. The number of hydrogen-bond acceptors (Lipinski definition) is 8. The van der Waals surface area contributed by atoms with Crippen LogP contribution in [0.25, 0.3) is 11.3 Å². The largest absolute Gasteiger partial charge is 0.504 e. The lowest BCUT2D eigenvalue weighted by Gasteiger charge is -2.18. The van der Waals surface area contributed by atoms with Crippen LogP contribution in [-0.2, 0) is 4.74 Å². The molecule has 2 aromatic carbocycles. The van der Waals surface area contributed by atoms with Crippen molar-refractivity contribution in [2.45, 2.75) is 0 Å². The average molecular weight is 442 g/mol. The van der Waals surface area contributed by atoms with Gasteiger partial charge in [0.25, 0.3) is 0 Å². The third-order valence-electron chi connectivity index (χ3n) is 4.59. The molecule has 1 aliphatic heterocycles. The van der Waals surface area contributed by atoms with E-state index in [4.69, 9.17) is 18.9 Å². The van der Waals surface area contributed by atoms with Crippen LogP contribution < -0.4 is 19.0 Å². The zero-order chi connectivity index (χ0) is 21.6. The normalized spacial score (nSPS) is 13.7. The molecule has 0 atom stereocenters. The van der Waals surface area contributed by atoms with Gasteiger partial charge in [-0.1, -0.05) is 0 Å². The first kappa shape index (κ1) is 21.0. The number of ether oxygens (including phenoxy) is 4. The Labute approximate surface area is 183 Å². The van der Waals surface area contributed by atoms with Crippen LogP contribution in [0.2, 0.25) is 0 Å². The highest BCUT2D eigenvalue weighted by Gasteiger charge is 2.15. The highest BCUT2D eigenvalue weighted by molar-refractivity contribution is 7.07. The molecule has 9 heteroatoms. The number of rotatable bonds is 7. The van der Waals surface area contributed by atoms with Crippen molar-refractivity contribution in [2.24, 2.45) is 10.1 Å². The Bertz CT molecular complexity index is 1150. The van der Waals surface area contributed by atoms with Gasteiger partial charge in [0, 0.05) is 18.1 Å². The van der Waals surface area contributed by atoms with Gasteiger partial charge in [0.05, 0.1) is 32.2 Å². The first-order valence-corrected chi connectivity index (χ1v) is 10.6. The van der Waals surface area contributed by atoms with Crippen LogP contribution in [0.1, 0.15) is 5.56 Å². The van der Waals surface area contributed by atoms with Gasteiger partial charge in [0.1, 0.15) is 13.2 Å². The lowest BCUT2D eigenvalue weighted by atomic mass is 10.1. The van der Waals surface area contributed by atoms with Crippen molar-refractivity contribution in [2.75, 3.05) is 40.6 Å². The van der Waals surface area contributed by atoms with Gasteiger partial charge in [-0.05, 0) is 42.0 Å². The number of methoxy groups -OCH3 is 2. The van der Waals surface area contributed by atoms with E-state index in [1.54, 1.807) is 36.2 Å². The maximum absolute atomic E-state index is 9.82. The molecule has 0 saturated carbocycles. The van der Waals surface area contributed by atoms with Crippen molar-refractivity contribution in [3.05, 3.63) is 52.1 Å². The van der Waals surface area contributed by atoms with Crippen LogP contribution in [0, 0.1) is 0 Å². The molecule has 2 heterocycles. The quantitative estimate of drug-likeness (QED) is 0.450. The third kappa shape index (κ3) is 4.73. The van der Waals surface area contributed by atoms with Crippen molar-refractivity contribution < 1.29 is 24.1 Å². The number of hydrogen-bond donors (Lipinski definition) is 1. The van der Waals surface area contributed by atoms with E-state index in [2.05, 4.69) is 10.1 Å². The molecule has 0 bridgehead atoms. The van der Waals surface area contributed by atoms with E-state index in [-0.39, 0.29) is 5.75 Å². The van der Waals surface area contributed by atoms with E-state index in [0.717, 1.165) is 27.4 Å². The zero-order valence-electron chi connectivity index (χ0n) is 17.3. The second kappa shape index (κ2) is 9.67. The highest BCUT2D eigenvalue weighted by Crippen LogP contribution is 2.34. The molecular weight excluding hydrogens is 418 g/mol. The van der Waals surface area contributed by atoms with E-state index >= 15 is 0 Å². The van der Waals surface area contributed by atoms with Gasteiger partial charge >= 0.3 is 0 Å². The van der Waals surface area contributed by atoms with Gasteiger partial charge in [-0.3, -0.25) is 4.99 Å². The predicted octanol–water partition coefficient (Wildman–Crippen LogP) is 3.13. The summed E-state index contributed by atoms with van der Waals surface area (Å²) < 4.78 is 23.4. The summed E-state index contributed by atoms with van der Waals surface area (Å²) in [7, 11) is 3.16. The molecule has 0 spiro atoms. The minimum atomic E-state index is 0.0788. The maximum atomic E-state index is 9.82. The first-order valence-electron chi connectivity index (χ1n) is 9.71. The van der Waals surface area contributed by atoms with Gasteiger partial charge in [-0.2, -0.15) is 5.10 Å². The van der Waals surface area contributed by atoms with Crippen molar-refractivity contribution >= 4 is 17.6 Å². The fraction of sp³-hybridized carbons (Fsp3) is 0.273. The number of aromatic nitrogens is 1. The third-order valence-corrected chi connectivity index (χ3v) is 5.45. The summed E-state index contributed by atoms with van der Waals surface area (Å²) in [6.45, 7) is 2.13. The van der Waals surface area contributed by atoms with Gasteiger partial charge in [-0.25, -0.2) is 4.68 Å². The van der Waals surface area contributed by atoms with Crippen LogP contribution in [0.4, 0.5) is 0 Å². The molecular formula is C22H23N3O5S. The van der Waals surface area contributed by atoms with Crippen LogP contribution in [-0.4, -0.2) is 56.6 Å².